The number of methoxy groups -OCH3 is 1. The van der Waals surface area contributed by atoms with Gasteiger partial charge in [0.1, 0.15) is 5.44 Å². The Morgan fingerprint density at radius 1 is 1.67 bits per heavy atom. The van der Waals surface area contributed by atoms with Gasteiger partial charge in [0.2, 0.25) is 0 Å². The first-order valence-corrected chi connectivity index (χ1v) is 3.22. The van der Waals surface area contributed by atoms with Crippen LogP contribution < -0.4 is 0 Å². The molecule has 0 fully saturated rings. The highest BCUT2D eigenvalue weighted by Gasteiger charge is 1.97. The number of hydrogen-bond donors (Lipinski definition) is 2. The van der Waals surface area contributed by atoms with Gasteiger partial charge in [0.05, 0.1) is 19.8 Å². The molecule has 0 aromatic rings. The van der Waals surface area contributed by atoms with Gasteiger partial charge in [0.15, 0.2) is 0 Å². The molecule has 3 nitrogen and oxygen atoms in total. The van der Waals surface area contributed by atoms with Gasteiger partial charge in [-0.3, -0.25) is 0 Å². The van der Waals surface area contributed by atoms with Gasteiger partial charge in [-0.25, -0.2) is 0 Å². The van der Waals surface area contributed by atoms with Crippen LogP contribution in [0.5, 0.6) is 0 Å². The highest BCUT2D eigenvalue weighted by molar-refractivity contribution is 7.80. The monoisotopic (exact) mass is 152 g/mol. The van der Waals surface area contributed by atoms with Crippen LogP contribution in [-0.2, 0) is 9.47 Å². The summed E-state index contributed by atoms with van der Waals surface area (Å²) in [4.78, 5) is 0. The molecule has 0 heterocycles. The smallest absolute Gasteiger partial charge is 0.123 e. The molecule has 1 unspecified atom stereocenters. The third-order valence-corrected chi connectivity index (χ3v) is 1.13. The lowest BCUT2D eigenvalue weighted by Gasteiger charge is -2.07. The maximum absolute atomic E-state index is 8.26. The van der Waals surface area contributed by atoms with Crippen molar-refractivity contribution in [1.82, 2.24) is 0 Å². The van der Waals surface area contributed by atoms with Crippen LogP contribution in [0.4, 0.5) is 0 Å². The molecule has 0 saturated carbocycles. The summed E-state index contributed by atoms with van der Waals surface area (Å²) in [6.45, 7) is 0.810. The Morgan fingerprint density at radius 2 is 2.33 bits per heavy atom. The van der Waals surface area contributed by atoms with Crippen LogP contribution >= 0.6 is 12.6 Å². The van der Waals surface area contributed by atoms with Crippen molar-refractivity contribution in [1.29, 1.82) is 0 Å². The maximum atomic E-state index is 8.26. The summed E-state index contributed by atoms with van der Waals surface area (Å²) >= 11 is 3.97. The van der Waals surface area contributed by atoms with Crippen molar-refractivity contribution in [2.45, 2.75) is 5.44 Å². The van der Waals surface area contributed by atoms with Crippen molar-refractivity contribution in [3.63, 3.8) is 0 Å². The SMILES string of the molecule is COC(S)COCCO. The molecule has 1 N–H and O–H groups in total. The Morgan fingerprint density at radius 3 is 2.78 bits per heavy atom. The van der Waals surface area contributed by atoms with Gasteiger partial charge in [0, 0.05) is 7.11 Å². The molecule has 0 aliphatic rings. The van der Waals surface area contributed by atoms with E-state index >= 15 is 0 Å². The number of ether oxygens (including phenoxy) is 2. The van der Waals surface area contributed by atoms with Crippen LogP contribution in [0.2, 0.25) is 0 Å². The van der Waals surface area contributed by atoms with E-state index in [9.17, 15) is 0 Å². The quantitative estimate of drug-likeness (QED) is 0.328. The average Bonchev–Trinajstić information content (AvgIpc) is 1.89. The summed E-state index contributed by atoms with van der Waals surface area (Å²) < 4.78 is 9.64. The maximum Gasteiger partial charge on any atom is 0.123 e. The van der Waals surface area contributed by atoms with Crippen molar-refractivity contribution >= 4 is 12.6 Å². The van der Waals surface area contributed by atoms with Gasteiger partial charge in [-0.1, -0.05) is 0 Å². The normalized spacial score (nSPS) is 13.7. The van der Waals surface area contributed by atoms with E-state index in [-0.39, 0.29) is 12.0 Å². The number of hydrogen-bond acceptors (Lipinski definition) is 4. The van der Waals surface area contributed by atoms with Crippen molar-refractivity contribution in [2.24, 2.45) is 0 Å². The summed E-state index contributed by atoms with van der Waals surface area (Å²) in [6, 6.07) is 0. The van der Waals surface area contributed by atoms with Crippen molar-refractivity contribution in [2.75, 3.05) is 26.9 Å². The molecule has 0 aliphatic heterocycles. The Kier molecular flexibility index (Phi) is 6.51. The van der Waals surface area contributed by atoms with E-state index in [1.165, 1.54) is 0 Å². The van der Waals surface area contributed by atoms with Gasteiger partial charge in [0.25, 0.3) is 0 Å². The second-order valence-electron chi connectivity index (χ2n) is 1.49. The molecule has 56 valence electrons. The molecule has 0 rings (SSSR count). The summed E-state index contributed by atoms with van der Waals surface area (Å²) in [5.74, 6) is 0. The average molecular weight is 152 g/mol. The van der Waals surface area contributed by atoms with Crippen LogP contribution in [0.15, 0.2) is 0 Å². The van der Waals surface area contributed by atoms with Crippen molar-refractivity contribution in [3.05, 3.63) is 0 Å². The van der Waals surface area contributed by atoms with E-state index in [2.05, 4.69) is 12.6 Å². The van der Waals surface area contributed by atoms with Crippen molar-refractivity contribution < 1.29 is 14.6 Å². The van der Waals surface area contributed by atoms with Crippen LogP contribution in [-0.4, -0.2) is 37.5 Å². The molecule has 0 saturated heterocycles. The summed E-state index contributed by atoms with van der Waals surface area (Å²) in [6.07, 6.45) is 0. The molecule has 1 atom stereocenters. The van der Waals surface area contributed by atoms with Gasteiger partial charge >= 0.3 is 0 Å². The lowest BCUT2D eigenvalue weighted by Crippen LogP contribution is -2.12. The second-order valence-corrected chi connectivity index (χ2v) is 2.06. The minimum atomic E-state index is -0.184. The predicted molar refractivity (Wildman–Crippen MR) is 37.7 cm³/mol. The zero-order valence-electron chi connectivity index (χ0n) is 5.41. The molecule has 0 spiro atoms. The number of aliphatic hydroxyl groups excluding tert-OH is 1. The fourth-order valence-corrected chi connectivity index (χ4v) is 0.422. The van der Waals surface area contributed by atoms with Gasteiger partial charge in [-0.05, 0) is 0 Å². The fourth-order valence-electron chi connectivity index (χ4n) is 0.317. The van der Waals surface area contributed by atoms with Gasteiger partial charge < -0.3 is 14.6 Å². The number of aliphatic hydroxyl groups is 1. The molecule has 9 heavy (non-hydrogen) atoms. The van der Waals surface area contributed by atoms with E-state index < -0.39 is 0 Å². The number of rotatable bonds is 5. The highest BCUT2D eigenvalue weighted by atomic mass is 32.1. The van der Waals surface area contributed by atoms with Gasteiger partial charge in [-0.2, -0.15) is 0 Å². The van der Waals surface area contributed by atoms with Crippen LogP contribution in [0.1, 0.15) is 0 Å². The minimum Gasteiger partial charge on any atom is -0.394 e. The summed E-state index contributed by atoms with van der Waals surface area (Å²) in [5.41, 5.74) is -0.184. The Labute approximate surface area is 60.4 Å². The lowest BCUT2D eigenvalue weighted by molar-refractivity contribution is 0.0370. The Hall–Kier alpha value is 0.230. The first kappa shape index (κ1) is 9.23. The molecule has 0 bridgehead atoms. The van der Waals surface area contributed by atoms with E-state index in [0.29, 0.717) is 13.2 Å². The molecule has 0 aromatic heterocycles. The zero-order valence-corrected chi connectivity index (χ0v) is 6.30. The molecular weight excluding hydrogens is 140 g/mol. The first-order valence-electron chi connectivity index (χ1n) is 2.70. The lowest BCUT2D eigenvalue weighted by atomic mass is 10.7. The van der Waals surface area contributed by atoms with Crippen LogP contribution in [0.3, 0.4) is 0 Å². The first-order chi connectivity index (χ1) is 4.31. The molecule has 0 aliphatic carbocycles. The zero-order chi connectivity index (χ0) is 7.11. The highest BCUT2D eigenvalue weighted by Crippen LogP contribution is 1.94. The molecule has 0 amide bonds. The minimum absolute atomic E-state index is 0.0458. The van der Waals surface area contributed by atoms with E-state index in [1.807, 2.05) is 0 Å². The standard InChI is InChI=1S/C5H12O3S/c1-7-5(9)4-8-3-2-6/h5-6,9H,2-4H2,1H3. The van der Waals surface area contributed by atoms with Crippen LogP contribution in [0, 0.1) is 0 Å². The molecular formula is C5H12O3S. The predicted octanol–water partition coefficient (Wildman–Crippen LogP) is -0.102. The Balaban J connectivity index is 2.88. The molecule has 0 aromatic carbocycles. The fraction of sp³-hybridized carbons (Fsp3) is 1.00. The summed E-state index contributed by atoms with van der Waals surface area (Å²) in [7, 11) is 1.56. The largest absolute Gasteiger partial charge is 0.394 e. The second kappa shape index (κ2) is 6.35. The van der Waals surface area contributed by atoms with Gasteiger partial charge in [-0.15, -0.1) is 12.6 Å². The third kappa shape index (κ3) is 6.11. The third-order valence-electron chi connectivity index (χ3n) is 0.768. The number of thiol groups is 1. The van der Waals surface area contributed by atoms with E-state index in [1.54, 1.807) is 7.11 Å². The van der Waals surface area contributed by atoms with E-state index in [0.717, 1.165) is 0 Å². The van der Waals surface area contributed by atoms with E-state index in [4.69, 9.17) is 14.6 Å². The Bertz CT molecular complexity index is 60.2. The van der Waals surface area contributed by atoms with Crippen LogP contribution in [0.25, 0.3) is 0 Å². The topological polar surface area (TPSA) is 38.7 Å². The van der Waals surface area contributed by atoms with Crippen molar-refractivity contribution in [3.8, 4) is 0 Å². The molecule has 0 radical (unpaired) electrons. The summed E-state index contributed by atoms with van der Waals surface area (Å²) in [5, 5.41) is 8.26. The molecule has 4 heteroatoms.